The predicted octanol–water partition coefficient (Wildman–Crippen LogP) is 7.10. The Labute approximate surface area is 277 Å². The van der Waals surface area contributed by atoms with Crippen molar-refractivity contribution in [2.24, 2.45) is 0 Å². The van der Waals surface area contributed by atoms with Crippen molar-refractivity contribution in [3.05, 3.63) is 149 Å². The lowest BCUT2D eigenvalue weighted by atomic mass is 9.93. The van der Waals surface area contributed by atoms with Crippen LogP contribution in [0.15, 0.2) is 126 Å². The zero-order valence-corrected chi connectivity index (χ0v) is 26.4. The Hall–Kier alpha value is -6.27. The Morgan fingerprint density at radius 3 is 2.31 bits per heavy atom. The standard InChI is InChI=1S/C39H31FN4O4/c1-26-35(38(45)43(39(46)36(26)23-41)20-19-27-13-17-33(47-2)18-14-27)22-30-24-44(32-8-4-3-5-9-32)42-37(30)29-7-6-10-34(21-29)48-25-28-11-15-31(40)16-12-28/h3-18,21-22,24H,19-20,25H2,1-2H3/b35-22+. The van der Waals surface area contributed by atoms with Crippen LogP contribution in [0, 0.1) is 17.1 Å². The molecule has 1 aliphatic rings. The van der Waals surface area contributed by atoms with E-state index < -0.39 is 11.8 Å². The molecule has 8 nitrogen and oxygen atoms in total. The van der Waals surface area contributed by atoms with Crippen molar-refractivity contribution >= 4 is 17.9 Å². The molecule has 0 saturated carbocycles. The third kappa shape index (κ3) is 6.78. The van der Waals surface area contributed by atoms with Crippen LogP contribution < -0.4 is 9.47 Å². The molecular formula is C39H31FN4O4. The summed E-state index contributed by atoms with van der Waals surface area (Å²) in [7, 11) is 1.58. The van der Waals surface area contributed by atoms with Crippen LogP contribution in [0.3, 0.4) is 0 Å². The lowest BCUT2D eigenvalue weighted by molar-refractivity contribution is -0.140. The summed E-state index contributed by atoms with van der Waals surface area (Å²) >= 11 is 0. The third-order valence-electron chi connectivity index (χ3n) is 8.10. The fraction of sp³-hybridized carbons (Fsp3) is 0.128. The van der Waals surface area contributed by atoms with E-state index in [4.69, 9.17) is 14.6 Å². The van der Waals surface area contributed by atoms with E-state index in [9.17, 15) is 19.2 Å². The fourth-order valence-corrected chi connectivity index (χ4v) is 5.43. The first-order chi connectivity index (χ1) is 23.3. The van der Waals surface area contributed by atoms with Gasteiger partial charge in [-0.25, -0.2) is 9.07 Å². The Balaban J connectivity index is 1.36. The van der Waals surface area contributed by atoms with Gasteiger partial charge in [0.25, 0.3) is 11.8 Å². The van der Waals surface area contributed by atoms with Gasteiger partial charge in [-0.15, -0.1) is 0 Å². The topological polar surface area (TPSA) is 97.5 Å². The van der Waals surface area contributed by atoms with Crippen LogP contribution in [0.1, 0.15) is 23.6 Å². The lowest BCUT2D eigenvalue weighted by Gasteiger charge is -2.27. The highest BCUT2D eigenvalue weighted by Crippen LogP contribution is 2.32. The van der Waals surface area contributed by atoms with Gasteiger partial charge in [-0.05, 0) is 84.7 Å². The van der Waals surface area contributed by atoms with E-state index in [2.05, 4.69) is 0 Å². The van der Waals surface area contributed by atoms with Gasteiger partial charge in [-0.1, -0.05) is 54.6 Å². The van der Waals surface area contributed by atoms with Gasteiger partial charge in [0.05, 0.1) is 12.8 Å². The highest BCUT2D eigenvalue weighted by Gasteiger charge is 2.35. The molecule has 238 valence electrons. The van der Waals surface area contributed by atoms with Gasteiger partial charge >= 0.3 is 0 Å². The SMILES string of the molecule is COc1ccc(CCN2C(=O)C(C#N)=C(C)/C(=C\c3cn(-c4ccccc4)nc3-c3cccc(OCc4ccc(F)cc4)c3)C2=O)cc1. The number of methoxy groups -OCH3 is 1. The number of hydrogen-bond acceptors (Lipinski definition) is 6. The van der Waals surface area contributed by atoms with Crippen molar-refractivity contribution in [2.45, 2.75) is 20.0 Å². The number of para-hydroxylation sites is 1. The van der Waals surface area contributed by atoms with Crippen molar-refractivity contribution in [2.75, 3.05) is 13.7 Å². The number of ether oxygens (including phenoxy) is 2. The van der Waals surface area contributed by atoms with Gasteiger partial charge < -0.3 is 9.47 Å². The molecular weight excluding hydrogens is 607 g/mol. The van der Waals surface area contributed by atoms with Crippen molar-refractivity contribution in [1.82, 2.24) is 14.7 Å². The molecule has 6 rings (SSSR count). The van der Waals surface area contributed by atoms with Gasteiger partial charge in [0.15, 0.2) is 0 Å². The molecule has 2 heterocycles. The van der Waals surface area contributed by atoms with Crippen LogP contribution in [0.5, 0.6) is 11.5 Å². The molecule has 48 heavy (non-hydrogen) atoms. The first-order valence-corrected chi connectivity index (χ1v) is 15.3. The monoisotopic (exact) mass is 638 g/mol. The Morgan fingerprint density at radius 1 is 0.875 bits per heavy atom. The Kier molecular flexibility index (Phi) is 9.26. The summed E-state index contributed by atoms with van der Waals surface area (Å²) in [5.41, 5.74) is 4.91. The summed E-state index contributed by atoms with van der Waals surface area (Å²) in [6, 6.07) is 32.5. The molecule has 0 N–H and O–H groups in total. The Morgan fingerprint density at radius 2 is 1.60 bits per heavy atom. The summed E-state index contributed by atoms with van der Waals surface area (Å²) in [5, 5.41) is 14.9. The molecule has 0 bridgehead atoms. The number of aromatic nitrogens is 2. The first-order valence-electron chi connectivity index (χ1n) is 15.3. The highest BCUT2D eigenvalue weighted by atomic mass is 19.1. The number of benzene rings is 4. The summed E-state index contributed by atoms with van der Waals surface area (Å²) in [4.78, 5) is 28.4. The quantitative estimate of drug-likeness (QED) is 0.120. The molecule has 9 heteroatoms. The van der Waals surface area contributed by atoms with E-state index in [1.807, 2.05) is 91.1 Å². The first kappa shape index (κ1) is 31.7. The van der Waals surface area contributed by atoms with Crippen LogP contribution in [0.2, 0.25) is 0 Å². The fourth-order valence-electron chi connectivity index (χ4n) is 5.43. The molecule has 2 amide bonds. The van der Waals surface area contributed by atoms with Crippen LogP contribution in [0.4, 0.5) is 4.39 Å². The zero-order chi connectivity index (χ0) is 33.6. The van der Waals surface area contributed by atoms with Crippen LogP contribution in [-0.2, 0) is 22.6 Å². The van der Waals surface area contributed by atoms with Crippen LogP contribution in [-0.4, -0.2) is 40.1 Å². The number of nitriles is 1. The number of hydrogen-bond donors (Lipinski definition) is 0. The zero-order valence-electron chi connectivity index (χ0n) is 26.4. The lowest BCUT2D eigenvalue weighted by Crippen LogP contribution is -2.43. The predicted molar refractivity (Wildman–Crippen MR) is 179 cm³/mol. The second-order valence-electron chi connectivity index (χ2n) is 11.2. The summed E-state index contributed by atoms with van der Waals surface area (Å²) in [5.74, 6) is -0.131. The molecule has 0 fully saturated rings. The number of carbonyl (C=O) groups is 2. The molecule has 1 aromatic heterocycles. The summed E-state index contributed by atoms with van der Waals surface area (Å²) < 4.78 is 26.3. The molecule has 0 spiro atoms. The second-order valence-corrected chi connectivity index (χ2v) is 11.2. The molecule has 0 radical (unpaired) electrons. The van der Waals surface area contributed by atoms with Crippen molar-refractivity contribution in [3.63, 3.8) is 0 Å². The smallest absolute Gasteiger partial charge is 0.271 e. The summed E-state index contributed by atoms with van der Waals surface area (Å²) in [6.07, 6.45) is 3.92. The minimum absolute atomic E-state index is 0.0798. The molecule has 0 unspecified atom stereocenters. The van der Waals surface area contributed by atoms with E-state index in [0.29, 0.717) is 34.8 Å². The number of nitrogens with zero attached hydrogens (tertiary/aromatic N) is 4. The van der Waals surface area contributed by atoms with E-state index in [1.165, 1.54) is 12.1 Å². The maximum absolute atomic E-state index is 14.0. The minimum atomic E-state index is -0.614. The van der Waals surface area contributed by atoms with Crippen molar-refractivity contribution in [3.8, 4) is 34.5 Å². The van der Waals surface area contributed by atoms with E-state index in [-0.39, 0.29) is 30.1 Å². The van der Waals surface area contributed by atoms with Gasteiger partial charge in [-0.3, -0.25) is 14.5 Å². The Bertz CT molecular complexity index is 2080. The van der Waals surface area contributed by atoms with Crippen molar-refractivity contribution < 1.29 is 23.5 Å². The van der Waals surface area contributed by atoms with Gasteiger partial charge in [0.1, 0.15) is 41.3 Å². The maximum atomic E-state index is 14.0. The normalized spacial score (nSPS) is 14.0. The molecule has 5 aromatic rings. The van der Waals surface area contributed by atoms with E-state index >= 15 is 0 Å². The molecule has 0 aliphatic carbocycles. The van der Waals surface area contributed by atoms with E-state index in [0.717, 1.165) is 27.3 Å². The largest absolute Gasteiger partial charge is 0.497 e. The van der Waals surface area contributed by atoms with Gasteiger partial charge in [0.2, 0.25) is 0 Å². The molecule has 0 saturated heterocycles. The minimum Gasteiger partial charge on any atom is -0.497 e. The van der Waals surface area contributed by atoms with Gasteiger partial charge in [0, 0.05) is 29.4 Å². The second kappa shape index (κ2) is 14.0. The summed E-state index contributed by atoms with van der Waals surface area (Å²) in [6.45, 7) is 1.96. The number of imide groups is 1. The number of rotatable bonds is 10. The average molecular weight is 639 g/mol. The van der Waals surface area contributed by atoms with E-state index in [1.54, 1.807) is 36.9 Å². The van der Waals surface area contributed by atoms with Crippen molar-refractivity contribution in [1.29, 1.82) is 5.26 Å². The number of amides is 2. The maximum Gasteiger partial charge on any atom is 0.271 e. The number of halogens is 1. The highest BCUT2D eigenvalue weighted by molar-refractivity contribution is 6.19. The third-order valence-corrected chi connectivity index (χ3v) is 8.10. The molecule has 0 atom stereocenters. The van der Waals surface area contributed by atoms with Crippen LogP contribution >= 0.6 is 0 Å². The average Bonchev–Trinajstić information content (AvgIpc) is 3.55. The number of carbonyl (C=O) groups excluding carboxylic acids is 2. The van der Waals surface area contributed by atoms with Crippen LogP contribution in [0.25, 0.3) is 23.0 Å². The molecule has 1 aliphatic heterocycles. The van der Waals surface area contributed by atoms with Gasteiger partial charge in [-0.2, -0.15) is 10.4 Å². The molecule has 4 aromatic carbocycles.